The van der Waals surface area contributed by atoms with Crippen LogP contribution in [0, 0.1) is 23.0 Å². The van der Waals surface area contributed by atoms with E-state index in [2.05, 4.69) is 21.2 Å². The van der Waals surface area contributed by atoms with Crippen molar-refractivity contribution in [2.45, 2.75) is 0 Å². The molecule has 2 aromatic carbocycles. The Morgan fingerprint density at radius 2 is 1.84 bits per heavy atom. The van der Waals surface area contributed by atoms with Crippen LogP contribution in [-0.2, 0) is 0 Å². The predicted molar refractivity (Wildman–Crippen MR) is 72.9 cm³/mol. The van der Waals surface area contributed by atoms with E-state index in [1.54, 1.807) is 12.1 Å². The van der Waals surface area contributed by atoms with Crippen LogP contribution < -0.4 is 11.1 Å². The van der Waals surface area contributed by atoms with Crippen molar-refractivity contribution in [3.05, 3.63) is 52.0 Å². The molecule has 0 aromatic heterocycles. The highest BCUT2D eigenvalue weighted by Crippen LogP contribution is 2.28. The SMILES string of the molecule is N#Cc1cc(N)ccc1Nc1cc(Br)c(F)cc1F. The van der Waals surface area contributed by atoms with E-state index in [1.165, 1.54) is 12.1 Å². The third-order valence-corrected chi connectivity index (χ3v) is 3.05. The van der Waals surface area contributed by atoms with Crippen molar-refractivity contribution >= 4 is 33.0 Å². The van der Waals surface area contributed by atoms with E-state index in [0.717, 1.165) is 6.07 Å². The molecular formula is C13H8BrF2N3. The van der Waals surface area contributed by atoms with E-state index in [9.17, 15) is 8.78 Å². The van der Waals surface area contributed by atoms with Crippen molar-refractivity contribution in [3.63, 3.8) is 0 Å². The second kappa shape index (κ2) is 5.24. The fourth-order valence-electron chi connectivity index (χ4n) is 1.53. The van der Waals surface area contributed by atoms with Crippen LogP contribution in [0.5, 0.6) is 0 Å². The lowest BCUT2D eigenvalue weighted by molar-refractivity contribution is 0.581. The van der Waals surface area contributed by atoms with Gasteiger partial charge in [0, 0.05) is 11.8 Å². The molecule has 2 aromatic rings. The van der Waals surface area contributed by atoms with Gasteiger partial charge >= 0.3 is 0 Å². The van der Waals surface area contributed by atoms with Gasteiger partial charge in [-0.15, -0.1) is 0 Å². The second-order valence-corrected chi connectivity index (χ2v) is 4.64. The molecular weight excluding hydrogens is 316 g/mol. The van der Waals surface area contributed by atoms with Gasteiger partial charge in [-0.25, -0.2) is 8.78 Å². The summed E-state index contributed by atoms with van der Waals surface area (Å²) in [6, 6.07) is 8.59. The molecule has 3 N–H and O–H groups in total. The summed E-state index contributed by atoms with van der Waals surface area (Å²) in [6.45, 7) is 0. The standard InChI is InChI=1S/C13H8BrF2N3/c14-9-4-13(11(16)5-10(9)15)19-12-2-1-8(18)3-7(12)6-17/h1-5,19H,18H2. The minimum Gasteiger partial charge on any atom is -0.399 e. The van der Waals surface area contributed by atoms with Gasteiger partial charge in [0.15, 0.2) is 0 Å². The smallest absolute Gasteiger partial charge is 0.149 e. The molecule has 0 aliphatic heterocycles. The van der Waals surface area contributed by atoms with E-state index >= 15 is 0 Å². The van der Waals surface area contributed by atoms with Gasteiger partial charge in [0.2, 0.25) is 0 Å². The van der Waals surface area contributed by atoms with E-state index in [0.29, 0.717) is 11.4 Å². The number of hydrogen-bond acceptors (Lipinski definition) is 3. The highest BCUT2D eigenvalue weighted by molar-refractivity contribution is 9.10. The molecule has 2 rings (SSSR count). The van der Waals surface area contributed by atoms with Crippen LogP contribution in [0.1, 0.15) is 5.56 Å². The summed E-state index contributed by atoms with van der Waals surface area (Å²) < 4.78 is 26.8. The monoisotopic (exact) mass is 323 g/mol. The van der Waals surface area contributed by atoms with Gasteiger partial charge < -0.3 is 11.1 Å². The van der Waals surface area contributed by atoms with Crippen molar-refractivity contribution in [2.75, 3.05) is 11.1 Å². The van der Waals surface area contributed by atoms with Gasteiger partial charge in [0.05, 0.1) is 21.4 Å². The molecule has 0 amide bonds. The first kappa shape index (κ1) is 13.3. The van der Waals surface area contributed by atoms with Crippen LogP contribution in [-0.4, -0.2) is 0 Å². The van der Waals surface area contributed by atoms with Crippen LogP contribution in [0.25, 0.3) is 0 Å². The van der Waals surface area contributed by atoms with Gasteiger partial charge in [0.25, 0.3) is 0 Å². The van der Waals surface area contributed by atoms with E-state index in [-0.39, 0.29) is 15.7 Å². The number of hydrogen-bond donors (Lipinski definition) is 2. The maximum atomic E-state index is 13.6. The number of nitrogens with two attached hydrogens (primary N) is 1. The molecule has 0 bridgehead atoms. The summed E-state index contributed by atoms with van der Waals surface area (Å²) in [5.74, 6) is -1.44. The lowest BCUT2D eigenvalue weighted by Gasteiger charge is -2.10. The fourth-order valence-corrected chi connectivity index (χ4v) is 1.87. The van der Waals surface area contributed by atoms with Crippen LogP contribution >= 0.6 is 15.9 Å². The Hall–Kier alpha value is -2.13. The molecule has 0 atom stereocenters. The molecule has 0 saturated carbocycles. The Balaban J connectivity index is 2.42. The van der Waals surface area contributed by atoms with Crippen molar-refractivity contribution < 1.29 is 8.78 Å². The summed E-state index contributed by atoms with van der Waals surface area (Å²) >= 11 is 2.97. The maximum Gasteiger partial charge on any atom is 0.149 e. The maximum absolute atomic E-state index is 13.6. The van der Waals surface area contributed by atoms with Gasteiger partial charge in [-0.2, -0.15) is 5.26 Å². The van der Waals surface area contributed by atoms with E-state index in [1.807, 2.05) is 6.07 Å². The summed E-state index contributed by atoms with van der Waals surface area (Å²) in [4.78, 5) is 0. The van der Waals surface area contributed by atoms with Crippen LogP contribution in [0.4, 0.5) is 25.8 Å². The van der Waals surface area contributed by atoms with Crippen LogP contribution in [0.15, 0.2) is 34.8 Å². The Labute approximate surface area is 116 Å². The molecule has 0 heterocycles. The molecule has 0 spiro atoms. The number of nitrogens with one attached hydrogen (secondary N) is 1. The second-order valence-electron chi connectivity index (χ2n) is 3.79. The fraction of sp³-hybridized carbons (Fsp3) is 0. The lowest BCUT2D eigenvalue weighted by atomic mass is 10.1. The minimum atomic E-state index is -0.749. The molecule has 19 heavy (non-hydrogen) atoms. The molecule has 3 nitrogen and oxygen atoms in total. The Morgan fingerprint density at radius 3 is 2.53 bits per heavy atom. The first-order chi connectivity index (χ1) is 9.01. The Bertz CT molecular complexity index is 680. The zero-order valence-corrected chi connectivity index (χ0v) is 11.1. The Kier molecular flexibility index (Phi) is 3.67. The summed E-state index contributed by atoms with van der Waals surface area (Å²) in [7, 11) is 0. The summed E-state index contributed by atoms with van der Waals surface area (Å²) in [6.07, 6.45) is 0. The van der Waals surface area contributed by atoms with Gasteiger partial charge in [-0.1, -0.05) is 0 Å². The molecule has 0 radical (unpaired) electrons. The van der Waals surface area contributed by atoms with Crippen LogP contribution in [0.3, 0.4) is 0 Å². The first-order valence-corrected chi connectivity index (χ1v) is 6.01. The number of benzene rings is 2. The number of anilines is 3. The average Bonchev–Trinajstić information content (AvgIpc) is 2.37. The van der Waals surface area contributed by atoms with Gasteiger partial charge in [-0.05, 0) is 40.2 Å². The largest absolute Gasteiger partial charge is 0.399 e. The molecule has 96 valence electrons. The van der Waals surface area contributed by atoms with Crippen LogP contribution in [0.2, 0.25) is 0 Å². The minimum absolute atomic E-state index is 0.0644. The van der Waals surface area contributed by atoms with E-state index < -0.39 is 11.6 Å². The summed E-state index contributed by atoms with van der Waals surface area (Å²) in [5, 5.41) is 11.7. The number of rotatable bonds is 2. The van der Waals surface area contributed by atoms with E-state index in [4.69, 9.17) is 11.0 Å². The highest BCUT2D eigenvalue weighted by Gasteiger charge is 2.10. The molecule has 6 heteroatoms. The number of nitriles is 1. The number of nitrogen functional groups attached to an aromatic ring is 1. The molecule has 0 fully saturated rings. The summed E-state index contributed by atoms with van der Waals surface area (Å²) in [5.41, 5.74) is 6.73. The van der Waals surface area contributed by atoms with Crippen molar-refractivity contribution in [3.8, 4) is 6.07 Å². The third-order valence-electron chi connectivity index (χ3n) is 2.44. The molecule has 0 aliphatic rings. The zero-order valence-electron chi connectivity index (χ0n) is 9.55. The van der Waals surface area contributed by atoms with Gasteiger partial charge in [0.1, 0.15) is 17.7 Å². The molecule has 0 unspecified atom stereocenters. The van der Waals surface area contributed by atoms with Crippen molar-refractivity contribution in [1.82, 2.24) is 0 Å². The first-order valence-electron chi connectivity index (χ1n) is 5.22. The Morgan fingerprint density at radius 1 is 1.11 bits per heavy atom. The molecule has 0 saturated heterocycles. The average molecular weight is 324 g/mol. The predicted octanol–water partition coefficient (Wildman–Crippen LogP) is 3.92. The van der Waals surface area contributed by atoms with Crippen molar-refractivity contribution in [2.24, 2.45) is 0 Å². The topological polar surface area (TPSA) is 61.8 Å². The van der Waals surface area contributed by atoms with Crippen molar-refractivity contribution in [1.29, 1.82) is 5.26 Å². The lowest BCUT2D eigenvalue weighted by Crippen LogP contribution is -1.98. The zero-order chi connectivity index (χ0) is 14.0. The third kappa shape index (κ3) is 2.83. The number of nitrogens with zero attached hydrogens (tertiary/aromatic N) is 1. The quantitative estimate of drug-likeness (QED) is 0.650. The van der Waals surface area contributed by atoms with Gasteiger partial charge in [-0.3, -0.25) is 0 Å². The highest BCUT2D eigenvalue weighted by atomic mass is 79.9. The normalized spacial score (nSPS) is 10.0. The number of halogens is 3. The molecule has 0 aliphatic carbocycles.